The SMILES string of the molecule is CCNC(=O)Nc1ccc(CN2CCOCC2)cc1. The summed E-state index contributed by atoms with van der Waals surface area (Å²) >= 11 is 0. The van der Waals surface area contributed by atoms with Crippen molar-refractivity contribution in [1.82, 2.24) is 10.2 Å². The van der Waals surface area contributed by atoms with E-state index in [0.717, 1.165) is 38.5 Å². The summed E-state index contributed by atoms with van der Waals surface area (Å²) in [4.78, 5) is 13.7. The number of amides is 2. The molecule has 0 atom stereocenters. The minimum absolute atomic E-state index is 0.163. The minimum atomic E-state index is -0.163. The summed E-state index contributed by atoms with van der Waals surface area (Å²) in [7, 11) is 0. The first-order chi connectivity index (χ1) is 9.28. The van der Waals surface area contributed by atoms with Gasteiger partial charge in [0.1, 0.15) is 0 Å². The van der Waals surface area contributed by atoms with Crippen molar-refractivity contribution in [3.63, 3.8) is 0 Å². The Morgan fingerprint density at radius 3 is 2.58 bits per heavy atom. The molecule has 104 valence electrons. The molecule has 0 radical (unpaired) electrons. The normalized spacial score (nSPS) is 16.1. The molecule has 0 aromatic heterocycles. The van der Waals surface area contributed by atoms with Crippen LogP contribution in [0.1, 0.15) is 12.5 Å². The van der Waals surface area contributed by atoms with Crippen LogP contribution < -0.4 is 10.6 Å². The first-order valence-corrected chi connectivity index (χ1v) is 6.72. The highest BCUT2D eigenvalue weighted by atomic mass is 16.5. The molecule has 1 fully saturated rings. The number of morpholine rings is 1. The Kier molecular flexibility index (Phi) is 5.18. The standard InChI is InChI=1S/C14H21N3O2/c1-2-15-14(18)16-13-5-3-12(4-6-13)11-17-7-9-19-10-8-17/h3-6H,2,7-11H2,1H3,(H2,15,16,18). The lowest BCUT2D eigenvalue weighted by atomic mass is 10.2. The number of urea groups is 1. The Labute approximate surface area is 113 Å². The molecule has 0 saturated carbocycles. The number of ether oxygens (including phenoxy) is 1. The topological polar surface area (TPSA) is 53.6 Å². The molecule has 1 saturated heterocycles. The van der Waals surface area contributed by atoms with Gasteiger partial charge < -0.3 is 15.4 Å². The van der Waals surface area contributed by atoms with Crippen molar-refractivity contribution in [3.8, 4) is 0 Å². The highest BCUT2D eigenvalue weighted by molar-refractivity contribution is 5.89. The number of benzene rings is 1. The van der Waals surface area contributed by atoms with E-state index in [1.54, 1.807) is 0 Å². The number of nitrogens with one attached hydrogen (secondary N) is 2. The summed E-state index contributed by atoms with van der Waals surface area (Å²) < 4.78 is 5.33. The van der Waals surface area contributed by atoms with Gasteiger partial charge in [-0.3, -0.25) is 4.90 Å². The fraction of sp³-hybridized carbons (Fsp3) is 0.500. The van der Waals surface area contributed by atoms with Crippen molar-refractivity contribution in [3.05, 3.63) is 29.8 Å². The Hall–Kier alpha value is -1.59. The molecule has 2 N–H and O–H groups in total. The Bertz CT molecular complexity index is 400. The van der Waals surface area contributed by atoms with Crippen molar-refractivity contribution in [2.75, 3.05) is 38.2 Å². The van der Waals surface area contributed by atoms with E-state index >= 15 is 0 Å². The van der Waals surface area contributed by atoms with E-state index in [-0.39, 0.29) is 6.03 Å². The molecule has 1 heterocycles. The molecular weight excluding hydrogens is 242 g/mol. The van der Waals surface area contributed by atoms with Crippen LogP contribution in [0.5, 0.6) is 0 Å². The average Bonchev–Trinajstić information content (AvgIpc) is 2.42. The highest BCUT2D eigenvalue weighted by Gasteiger charge is 2.10. The number of hydrogen-bond donors (Lipinski definition) is 2. The van der Waals surface area contributed by atoms with Crippen molar-refractivity contribution in [2.45, 2.75) is 13.5 Å². The van der Waals surface area contributed by atoms with E-state index in [1.165, 1.54) is 5.56 Å². The van der Waals surface area contributed by atoms with Crippen molar-refractivity contribution in [1.29, 1.82) is 0 Å². The fourth-order valence-electron chi connectivity index (χ4n) is 2.05. The maximum absolute atomic E-state index is 11.4. The third kappa shape index (κ3) is 4.54. The maximum atomic E-state index is 11.4. The second-order valence-corrected chi connectivity index (χ2v) is 4.57. The number of nitrogens with zero attached hydrogens (tertiary/aromatic N) is 1. The van der Waals surface area contributed by atoms with Crippen LogP contribution in [0, 0.1) is 0 Å². The molecule has 2 amide bonds. The molecule has 0 aliphatic carbocycles. The third-order valence-electron chi connectivity index (χ3n) is 3.06. The summed E-state index contributed by atoms with van der Waals surface area (Å²) in [5.74, 6) is 0. The fourth-order valence-corrected chi connectivity index (χ4v) is 2.05. The van der Waals surface area contributed by atoms with Crippen LogP contribution in [0.3, 0.4) is 0 Å². The van der Waals surface area contributed by atoms with E-state index in [4.69, 9.17) is 4.74 Å². The van der Waals surface area contributed by atoms with Crippen LogP contribution in [0.25, 0.3) is 0 Å². The molecule has 19 heavy (non-hydrogen) atoms. The summed E-state index contributed by atoms with van der Waals surface area (Å²) in [6.07, 6.45) is 0. The van der Waals surface area contributed by atoms with E-state index in [0.29, 0.717) is 6.54 Å². The van der Waals surface area contributed by atoms with E-state index in [2.05, 4.69) is 27.7 Å². The summed E-state index contributed by atoms with van der Waals surface area (Å²) in [5.41, 5.74) is 2.07. The van der Waals surface area contributed by atoms with Gasteiger partial charge >= 0.3 is 6.03 Å². The largest absolute Gasteiger partial charge is 0.379 e. The molecule has 5 nitrogen and oxygen atoms in total. The third-order valence-corrected chi connectivity index (χ3v) is 3.06. The lowest BCUT2D eigenvalue weighted by Gasteiger charge is -2.26. The van der Waals surface area contributed by atoms with Gasteiger partial charge in [-0.25, -0.2) is 4.79 Å². The number of anilines is 1. The van der Waals surface area contributed by atoms with Gasteiger partial charge in [0, 0.05) is 31.9 Å². The monoisotopic (exact) mass is 263 g/mol. The van der Waals surface area contributed by atoms with Gasteiger partial charge in [0.15, 0.2) is 0 Å². The van der Waals surface area contributed by atoms with Crippen molar-refractivity contribution in [2.24, 2.45) is 0 Å². The summed E-state index contributed by atoms with van der Waals surface area (Å²) in [5, 5.41) is 5.49. The van der Waals surface area contributed by atoms with Gasteiger partial charge in [-0.2, -0.15) is 0 Å². The molecule has 2 rings (SSSR count). The summed E-state index contributed by atoms with van der Waals surface area (Å²) in [6.45, 7) is 7.06. The van der Waals surface area contributed by atoms with E-state index in [1.807, 2.05) is 19.1 Å². The number of hydrogen-bond acceptors (Lipinski definition) is 3. The smallest absolute Gasteiger partial charge is 0.319 e. The highest BCUT2D eigenvalue weighted by Crippen LogP contribution is 2.12. The molecule has 1 aromatic carbocycles. The van der Waals surface area contributed by atoms with E-state index < -0.39 is 0 Å². The minimum Gasteiger partial charge on any atom is -0.379 e. The number of carbonyl (C=O) groups excluding carboxylic acids is 1. The van der Waals surface area contributed by atoms with Gasteiger partial charge in [0.05, 0.1) is 13.2 Å². The predicted octanol–water partition coefficient (Wildman–Crippen LogP) is 1.66. The van der Waals surface area contributed by atoms with Gasteiger partial charge in [-0.1, -0.05) is 12.1 Å². The molecule has 5 heteroatoms. The van der Waals surface area contributed by atoms with Gasteiger partial charge in [0.2, 0.25) is 0 Å². The zero-order valence-electron chi connectivity index (χ0n) is 11.3. The first kappa shape index (κ1) is 13.8. The molecule has 1 aromatic rings. The number of carbonyl (C=O) groups is 1. The molecule has 1 aliphatic rings. The van der Waals surface area contributed by atoms with Gasteiger partial charge in [0.25, 0.3) is 0 Å². The van der Waals surface area contributed by atoms with Crippen molar-refractivity contribution < 1.29 is 9.53 Å². The second kappa shape index (κ2) is 7.11. The second-order valence-electron chi connectivity index (χ2n) is 4.57. The van der Waals surface area contributed by atoms with Crippen LogP contribution in [-0.2, 0) is 11.3 Å². The lowest BCUT2D eigenvalue weighted by Crippen LogP contribution is -2.35. The Morgan fingerprint density at radius 2 is 1.95 bits per heavy atom. The lowest BCUT2D eigenvalue weighted by molar-refractivity contribution is 0.0342. The van der Waals surface area contributed by atoms with E-state index in [9.17, 15) is 4.79 Å². The molecule has 1 aliphatic heterocycles. The first-order valence-electron chi connectivity index (χ1n) is 6.72. The predicted molar refractivity (Wildman–Crippen MR) is 75.2 cm³/mol. The van der Waals surface area contributed by atoms with Crippen LogP contribution in [-0.4, -0.2) is 43.8 Å². The van der Waals surface area contributed by atoms with Gasteiger partial charge in [-0.15, -0.1) is 0 Å². The zero-order valence-corrected chi connectivity index (χ0v) is 11.3. The summed E-state index contributed by atoms with van der Waals surface area (Å²) in [6, 6.07) is 7.81. The van der Waals surface area contributed by atoms with Crippen molar-refractivity contribution >= 4 is 11.7 Å². The number of rotatable bonds is 4. The van der Waals surface area contributed by atoms with Crippen LogP contribution in [0.2, 0.25) is 0 Å². The quantitative estimate of drug-likeness (QED) is 0.868. The Morgan fingerprint density at radius 1 is 1.26 bits per heavy atom. The molecule has 0 unspecified atom stereocenters. The van der Waals surface area contributed by atoms with Gasteiger partial charge in [-0.05, 0) is 24.6 Å². The Balaban J connectivity index is 1.85. The van der Waals surface area contributed by atoms with Crippen LogP contribution in [0.15, 0.2) is 24.3 Å². The molecular formula is C14H21N3O2. The van der Waals surface area contributed by atoms with Crippen LogP contribution >= 0.6 is 0 Å². The zero-order chi connectivity index (χ0) is 13.5. The maximum Gasteiger partial charge on any atom is 0.319 e. The molecule has 0 bridgehead atoms. The molecule has 0 spiro atoms. The van der Waals surface area contributed by atoms with Crippen LogP contribution in [0.4, 0.5) is 10.5 Å². The average molecular weight is 263 g/mol.